The molecule has 3 rings (SSSR count). The maximum atomic E-state index is 12.4. The van der Waals surface area contributed by atoms with Gasteiger partial charge >= 0.3 is 12.2 Å². The normalized spacial score (nSPS) is 17.0. The minimum Gasteiger partial charge on any atom is -0.447 e. The van der Waals surface area contributed by atoms with Crippen molar-refractivity contribution in [1.29, 1.82) is 0 Å². The smallest absolute Gasteiger partial charge is 0.410 e. The number of carbonyl (C=O) groups excluding carboxylic acids is 2. The molecule has 184 valence electrons. The van der Waals surface area contributed by atoms with Crippen LogP contribution in [0.2, 0.25) is 0 Å². The van der Waals surface area contributed by atoms with Gasteiger partial charge in [0, 0.05) is 38.4 Å². The van der Waals surface area contributed by atoms with Crippen molar-refractivity contribution >= 4 is 17.9 Å². The molecular weight excluding hydrogens is 418 g/mol. The van der Waals surface area contributed by atoms with E-state index in [1.807, 2.05) is 39.5 Å². The number of hydrogen-bond donors (Lipinski definition) is 1. The minimum absolute atomic E-state index is 0.0613. The van der Waals surface area contributed by atoms with Crippen LogP contribution in [-0.4, -0.2) is 59.9 Å². The quantitative estimate of drug-likeness (QED) is 0.575. The number of ether oxygens (including phenoxy) is 2. The van der Waals surface area contributed by atoms with E-state index in [2.05, 4.69) is 23.5 Å². The summed E-state index contributed by atoms with van der Waals surface area (Å²) in [5.41, 5.74) is 3.17. The van der Waals surface area contributed by atoms with E-state index in [-0.39, 0.29) is 18.3 Å². The number of rotatable bonds is 6. The molecule has 7 nitrogen and oxygen atoms in total. The zero-order chi connectivity index (χ0) is 24.0. The molecule has 1 fully saturated rings. The summed E-state index contributed by atoms with van der Waals surface area (Å²) in [4.78, 5) is 28.0. The van der Waals surface area contributed by atoms with Gasteiger partial charge in [0.15, 0.2) is 0 Å². The summed E-state index contributed by atoms with van der Waals surface area (Å²) in [6.45, 7) is 13.3. The molecule has 33 heavy (non-hydrogen) atoms. The van der Waals surface area contributed by atoms with Crippen LogP contribution >= 0.6 is 0 Å². The molecule has 1 aromatic carbocycles. The van der Waals surface area contributed by atoms with Gasteiger partial charge in [-0.25, -0.2) is 9.59 Å². The number of benzene rings is 1. The summed E-state index contributed by atoms with van der Waals surface area (Å²) < 4.78 is 10.8. The molecule has 0 radical (unpaired) electrons. The SMILES string of the molecule is CC(C)OC(=O)N1CCC(CCCNc2ccc3c(c2)CCN(C(=O)OC(C)(C)C)C3)CC1. The first kappa shape index (κ1) is 25.2. The number of anilines is 1. The fourth-order valence-corrected chi connectivity index (χ4v) is 4.45. The van der Waals surface area contributed by atoms with Crippen LogP contribution in [0.4, 0.5) is 15.3 Å². The topological polar surface area (TPSA) is 71.1 Å². The Morgan fingerprint density at radius 1 is 1.06 bits per heavy atom. The highest BCUT2D eigenvalue weighted by molar-refractivity contribution is 5.69. The Morgan fingerprint density at radius 3 is 2.45 bits per heavy atom. The van der Waals surface area contributed by atoms with E-state index in [0.717, 1.165) is 51.0 Å². The van der Waals surface area contributed by atoms with Crippen LogP contribution in [0.15, 0.2) is 18.2 Å². The van der Waals surface area contributed by atoms with Crippen molar-refractivity contribution in [2.45, 2.75) is 85.0 Å². The Morgan fingerprint density at radius 2 is 1.79 bits per heavy atom. The molecule has 2 amide bonds. The lowest BCUT2D eigenvalue weighted by Gasteiger charge is -2.32. The Bertz CT molecular complexity index is 810. The van der Waals surface area contributed by atoms with Crippen LogP contribution in [0.5, 0.6) is 0 Å². The molecule has 2 aliphatic heterocycles. The third-order valence-corrected chi connectivity index (χ3v) is 6.20. The van der Waals surface area contributed by atoms with Crippen LogP contribution in [0.1, 0.15) is 71.4 Å². The Balaban J connectivity index is 1.37. The molecule has 0 bridgehead atoms. The maximum Gasteiger partial charge on any atom is 0.410 e. The summed E-state index contributed by atoms with van der Waals surface area (Å²) in [7, 11) is 0. The number of nitrogens with one attached hydrogen (secondary N) is 1. The number of hydrogen-bond acceptors (Lipinski definition) is 5. The molecule has 0 aliphatic carbocycles. The largest absolute Gasteiger partial charge is 0.447 e. The number of amides is 2. The molecule has 0 unspecified atom stereocenters. The molecule has 1 saturated heterocycles. The first-order valence-corrected chi connectivity index (χ1v) is 12.4. The van der Waals surface area contributed by atoms with E-state index in [1.165, 1.54) is 17.5 Å². The van der Waals surface area contributed by atoms with Gasteiger partial charge in [-0.1, -0.05) is 6.07 Å². The lowest BCUT2D eigenvalue weighted by Crippen LogP contribution is -2.39. The number of likely N-dealkylation sites (tertiary alicyclic amines) is 1. The molecular formula is C26H41N3O4. The maximum absolute atomic E-state index is 12.4. The van der Waals surface area contributed by atoms with Crippen molar-refractivity contribution in [2.24, 2.45) is 5.92 Å². The Labute approximate surface area is 198 Å². The highest BCUT2D eigenvalue weighted by Gasteiger charge is 2.26. The second-order valence-corrected chi connectivity index (χ2v) is 10.6. The van der Waals surface area contributed by atoms with E-state index < -0.39 is 5.60 Å². The third kappa shape index (κ3) is 7.83. The number of fused-ring (bicyclic) bond motifs is 1. The Hall–Kier alpha value is -2.44. The van der Waals surface area contributed by atoms with E-state index in [4.69, 9.17) is 9.47 Å². The second-order valence-electron chi connectivity index (χ2n) is 10.6. The van der Waals surface area contributed by atoms with Gasteiger partial charge in [0.2, 0.25) is 0 Å². The van der Waals surface area contributed by atoms with Crippen molar-refractivity contribution in [2.75, 3.05) is 31.5 Å². The second kappa shape index (κ2) is 11.1. The number of carbonyl (C=O) groups is 2. The molecule has 0 aromatic heterocycles. The predicted molar refractivity (Wildman–Crippen MR) is 130 cm³/mol. The van der Waals surface area contributed by atoms with Gasteiger partial charge in [0.1, 0.15) is 5.60 Å². The molecule has 2 aliphatic rings. The van der Waals surface area contributed by atoms with Gasteiger partial charge in [0.25, 0.3) is 0 Å². The van der Waals surface area contributed by atoms with E-state index in [1.54, 1.807) is 4.90 Å². The fourth-order valence-electron chi connectivity index (χ4n) is 4.45. The average molecular weight is 460 g/mol. The van der Waals surface area contributed by atoms with Crippen molar-refractivity contribution in [3.8, 4) is 0 Å². The average Bonchev–Trinajstić information content (AvgIpc) is 2.75. The highest BCUT2D eigenvalue weighted by atomic mass is 16.6. The fraction of sp³-hybridized carbons (Fsp3) is 0.692. The molecule has 0 atom stereocenters. The van der Waals surface area contributed by atoms with Crippen LogP contribution in [0.25, 0.3) is 0 Å². The molecule has 0 spiro atoms. The van der Waals surface area contributed by atoms with Crippen molar-refractivity contribution in [1.82, 2.24) is 9.80 Å². The standard InChI is InChI=1S/C26H41N3O4/c1-19(2)32-24(30)28-14-10-20(11-15-28)7-6-13-27-23-9-8-22-18-29(16-12-21(22)17-23)25(31)33-26(3,4)5/h8-9,17,19-20,27H,6-7,10-16,18H2,1-5H3. The van der Waals surface area contributed by atoms with Crippen LogP contribution < -0.4 is 5.32 Å². The molecule has 1 aromatic rings. The molecule has 2 heterocycles. The lowest BCUT2D eigenvalue weighted by atomic mass is 9.92. The summed E-state index contributed by atoms with van der Waals surface area (Å²) >= 11 is 0. The van der Waals surface area contributed by atoms with E-state index in [0.29, 0.717) is 19.0 Å². The number of nitrogens with zero attached hydrogens (tertiary/aromatic N) is 2. The monoisotopic (exact) mass is 459 g/mol. The zero-order valence-electron chi connectivity index (χ0n) is 21.0. The summed E-state index contributed by atoms with van der Waals surface area (Å²) in [6.07, 6.45) is 4.78. The van der Waals surface area contributed by atoms with Gasteiger partial charge in [-0.2, -0.15) is 0 Å². The zero-order valence-corrected chi connectivity index (χ0v) is 21.0. The summed E-state index contributed by atoms with van der Waals surface area (Å²) in [5.74, 6) is 0.678. The number of piperidine rings is 1. The van der Waals surface area contributed by atoms with Crippen LogP contribution in [-0.2, 0) is 22.4 Å². The lowest BCUT2D eigenvalue weighted by molar-refractivity contribution is 0.0224. The first-order chi connectivity index (χ1) is 15.6. The third-order valence-electron chi connectivity index (χ3n) is 6.20. The molecule has 7 heteroatoms. The molecule has 1 N–H and O–H groups in total. The van der Waals surface area contributed by atoms with Crippen molar-refractivity contribution in [3.05, 3.63) is 29.3 Å². The van der Waals surface area contributed by atoms with E-state index in [9.17, 15) is 9.59 Å². The van der Waals surface area contributed by atoms with Gasteiger partial charge in [0.05, 0.1) is 6.10 Å². The van der Waals surface area contributed by atoms with Gasteiger partial charge < -0.3 is 24.6 Å². The summed E-state index contributed by atoms with van der Waals surface area (Å²) in [5, 5.41) is 3.56. The van der Waals surface area contributed by atoms with E-state index >= 15 is 0 Å². The van der Waals surface area contributed by atoms with Crippen LogP contribution in [0.3, 0.4) is 0 Å². The minimum atomic E-state index is -0.470. The summed E-state index contributed by atoms with van der Waals surface area (Å²) in [6, 6.07) is 6.46. The highest BCUT2D eigenvalue weighted by Crippen LogP contribution is 2.25. The Kier molecular flexibility index (Phi) is 8.49. The van der Waals surface area contributed by atoms with Crippen LogP contribution in [0, 0.1) is 5.92 Å². The first-order valence-electron chi connectivity index (χ1n) is 12.4. The van der Waals surface area contributed by atoms with Crippen molar-refractivity contribution in [3.63, 3.8) is 0 Å². The van der Waals surface area contributed by atoms with Gasteiger partial charge in [-0.15, -0.1) is 0 Å². The molecule has 0 saturated carbocycles. The van der Waals surface area contributed by atoms with Gasteiger partial charge in [-0.05, 0) is 95.9 Å². The predicted octanol–water partition coefficient (Wildman–Crippen LogP) is 5.43. The van der Waals surface area contributed by atoms with Gasteiger partial charge in [-0.3, -0.25) is 0 Å². The van der Waals surface area contributed by atoms with Crippen molar-refractivity contribution < 1.29 is 19.1 Å².